The molecule has 0 aromatic heterocycles. The summed E-state index contributed by atoms with van der Waals surface area (Å²) in [7, 11) is 0. The fourth-order valence-corrected chi connectivity index (χ4v) is 4.04. The van der Waals surface area contributed by atoms with E-state index in [1.807, 2.05) is 0 Å². The highest BCUT2D eigenvalue weighted by atomic mass is 16.3. The Morgan fingerprint density at radius 3 is 2.60 bits per heavy atom. The zero-order chi connectivity index (χ0) is 13.8. The Labute approximate surface area is 122 Å². The highest BCUT2D eigenvalue weighted by Crippen LogP contribution is 2.35. The molecule has 2 aliphatic rings. The second kappa shape index (κ2) is 6.73. The Morgan fingerprint density at radius 2 is 1.85 bits per heavy atom. The minimum Gasteiger partial charge on any atom is -0.396 e. The van der Waals surface area contributed by atoms with Crippen LogP contribution in [0.1, 0.15) is 54.7 Å². The summed E-state index contributed by atoms with van der Waals surface area (Å²) in [5.41, 5.74) is 4.62. The number of hydrogen-bond acceptors (Lipinski definition) is 2. The predicted molar refractivity (Wildman–Crippen MR) is 83.1 cm³/mol. The normalized spacial score (nSPS) is 21.4. The van der Waals surface area contributed by atoms with Crippen LogP contribution in [0.5, 0.6) is 0 Å². The smallest absolute Gasteiger partial charge is 0.0436 e. The van der Waals surface area contributed by atoms with Crippen molar-refractivity contribution < 1.29 is 5.11 Å². The summed E-state index contributed by atoms with van der Waals surface area (Å²) in [5.74, 6) is 1.29. The molecule has 0 spiro atoms. The van der Waals surface area contributed by atoms with Crippen LogP contribution in [0.15, 0.2) is 18.2 Å². The second-order valence-electron chi connectivity index (χ2n) is 6.44. The number of aryl methyl sites for hydroxylation is 2. The van der Waals surface area contributed by atoms with Gasteiger partial charge in [-0.1, -0.05) is 18.2 Å². The molecule has 110 valence electrons. The SMILES string of the molecule is OCCC(c1ccc2c(c1)CCCC2)C1CCNCC1. The zero-order valence-electron chi connectivity index (χ0n) is 12.4. The first-order valence-electron chi connectivity index (χ1n) is 8.32. The Bertz CT molecular complexity index is 437. The summed E-state index contributed by atoms with van der Waals surface area (Å²) in [4.78, 5) is 0. The monoisotopic (exact) mass is 273 g/mol. The quantitative estimate of drug-likeness (QED) is 0.884. The number of rotatable bonds is 4. The molecule has 1 aromatic carbocycles. The van der Waals surface area contributed by atoms with Crippen molar-refractivity contribution in [2.75, 3.05) is 19.7 Å². The van der Waals surface area contributed by atoms with E-state index >= 15 is 0 Å². The van der Waals surface area contributed by atoms with E-state index in [4.69, 9.17) is 0 Å². The highest BCUT2D eigenvalue weighted by Gasteiger charge is 2.25. The van der Waals surface area contributed by atoms with Gasteiger partial charge >= 0.3 is 0 Å². The molecule has 0 radical (unpaired) electrons. The third kappa shape index (κ3) is 3.07. The summed E-state index contributed by atoms with van der Waals surface area (Å²) in [6.07, 6.45) is 8.62. The van der Waals surface area contributed by atoms with Crippen LogP contribution in [0.3, 0.4) is 0 Å². The van der Waals surface area contributed by atoms with E-state index in [0.717, 1.165) is 25.4 Å². The van der Waals surface area contributed by atoms with Crippen LogP contribution in [-0.2, 0) is 12.8 Å². The molecule has 2 N–H and O–H groups in total. The van der Waals surface area contributed by atoms with Crippen molar-refractivity contribution in [3.8, 4) is 0 Å². The molecule has 0 saturated carbocycles. The van der Waals surface area contributed by atoms with Crippen LogP contribution < -0.4 is 5.32 Å². The van der Waals surface area contributed by atoms with Crippen molar-refractivity contribution in [1.29, 1.82) is 0 Å². The van der Waals surface area contributed by atoms with Gasteiger partial charge in [0, 0.05) is 6.61 Å². The van der Waals surface area contributed by atoms with Gasteiger partial charge in [0.15, 0.2) is 0 Å². The number of aliphatic hydroxyl groups is 1. The molecule has 0 amide bonds. The van der Waals surface area contributed by atoms with Crippen molar-refractivity contribution in [2.24, 2.45) is 5.92 Å². The molecule has 1 aliphatic heterocycles. The Hall–Kier alpha value is -0.860. The third-order valence-electron chi connectivity index (χ3n) is 5.19. The van der Waals surface area contributed by atoms with Crippen LogP contribution in [0, 0.1) is 5.92 Å². The number of aliphatic hydroxyl groups excluding tert-OH is 1. The number of benzene rings is 1. The molecular formula is C18H27NO. The fraction of sp³-hybridized carbons (Fsp3) is 0.667. The third-order valence-corrected chi connectivity index (χ3v) is 5.19. The predicted octanol–water partition coefficient (Wildman–Crippen LogP) is 3.03. The van der Waals surface area contributed by atoms with Gasteiger partial charge in [-0.25, -0.2) is 0 Å². The van der Waals surface area contributed by atoms with Gasteiger partial charge in [0.25, 0.3) is 0 Å². The topological polar surface area (TPSA) is 32.3 Å². The van der Waals surface area contributed by atoms with Gasteiger partial charge in [0.2, 0.25) is 0 Å². The fourth-order valence-electron chi connectivity index (χ4n) is 4.04. The molecule has 1 saturated heterocycles. The van der Waals surface area contributed by atoms with E-state index in [1.165, 1.54) is 44.1 Å². The number of piperidine rings is 1. The number of nitrogens with one attached hydrogen (secondary N) is 1. The van der Waals surface area contributed by atoms with Crippen molar-refractivity contribution in [3.63, 3.8) is 0 Å². The summed E-state index contributed by atoms with van der Waals surface area (Å²) in [6, 6.07) is 7.15. The standard InChI is InChI=1S/C18H27NO/c20-12-9-18(15-7-10-19-11-8-15)17-6-5-14-3-1-2-4-16(14)13-17/h5-6,13,15,18-20H,1-4,7-12H2. The van der Waals surface area contributed by atoms with Crippen LogP contribution >= 0.6 is 0 Å². The summed E-state index contributed by atoms with van der Waals surface area (Å²) < 4.78 is 0. The minimum absolute atomic E-state index is 0.311. The lowest BCUT2D eigenvalue weighted by Gasteiger charge is -2.31. The maximum Gasteiger partial charge on any atom is 0.0436 e. The number of hydrogen-bond donors (Lipinski definition) is 2. The van der Waals surface area contributed by atoms with Crippen molar-refractivity contribution in [1.82, 2.24) is 5.32 Å². The van der Waals surface area contributed by atoms with Gasteiger partial charge < -0.3 is 10.4 Å². The van der Waals surface area contributed by atoms with Gasteiger partial charge in [-0.05, 0) is 86.6 Å². The molecule has 1 aliphatic carbocycles. The Morgan fingerprint density at radius 1 is 1.10 bits per heavy atom. The van der Waals surface area contributed by atoms with Crippen LogP contribution in [0.25, 0.3) is 0 Å². The van der Waals surface area contributed by atoms with Gasteiger partial charge in [0.1, 0.15) is 0 Å². The minimum atomic E-state index is 0.311. The summed E-state index contributed by atoms with van der Waals surface area (Å²) in [5, 5.41) is 12.9. The molecule has 2 heteroatoms. The lowest BCUT2D eigenvalue weighted by atomic mass is 9.77. The molecule has 1 heterocycles. The van der Waals surface area contributed by atoms with Crippen LogP contribution in [-0.4, -0.2) is 24.8 Å². The van der Waals surface area contributed by atoms with Crippen molar-refractivity contribution in [2.45, 2.75) is 50.9 Å². The van der Waals surface area contributed by atoms with E-state index in [2.05, 4.69) is 23.5 Å². The zero-order valence-corrected chi connectivity index (χ0v) is 12.4. The van der Waals surface area contributed by atoms with Crippen molar-refractivity contribution in [3.05, 3.63) is 34.9 Å². The molecule has 1 atom stereocenters. The highest BCUT2D eigenvalue weighted by molar-refractivity contribution is 5.35. The van der Waals surface area contributed by atoms with Gasteiger partial charge in [-0.15, -0.1) is 0 Å². The van der Waals surface area contributed by atoms with E-state index < -0.39 is 0 Å². The molecule has 1 unspecified atom stereocenters. The maximum atomic E-state index is 9.45. The van der Waals surface area contributed by atoms with Gasteiger partial charge in [0.05, 0.1) is 0 Å². The molecule has 1 aromatic rings. The van der Waals surface area contributed by atoms with E-state index in [0.29, 0.717) is 12.5 Å². The molecule has 1 fully saturated rings. The van der Waals surface area contributed by atoms with Crippen LogP contribution in [0.2, 0.25) is 0 Å². The molecule has 20 heavy (non-hydrogen) atoms. The Kier molecular flexibility index (Phi) is 4.74. The van der Waals surface area contributed by atoms with Gasteiger partial charge in [-0.3, -0.25) is 0 Å². The molecular weight excluding hydrogens is 246 g/mol. The second-order valence-corrected chi connectivity index (χ2v) is 6.44. The average molecular weight is 273 g/mol. The molecule has 3 rings (SSSR count). The van der Waals surface area contributed by atoms with E-state index in [-0.39, 0.29) is 0 Å². The lowest BCUT2D eigenvalue weighted by Crippen LogP contribution is -2.31. The summed E-state index contributed by atoms with van der Waals surface area (Å²) in [6.45, 7) is 2.58. The lowest BCUT2D eigenvalue weighted by molar-refractivity contribution is 0.233. The largest absolute Gasteiger partial charge is 0.396 e. The first kappa shape index (κ1) is 14.1. The van der Waals surface area contributed by atoms with E-state index in [1.54, 1.807) is 11.1 Å². The van der Waals surface area contributed by atoms with Crippen LogP contribution in [0.4, 0.5) is 0 Å². The summed E-state index contributed by atoms with van der Waals surface area (Å²) >= 11 is 0. The molecule has 2 nitrogen and oxygen atoms in total. The first-order valence-corrected chi connectivity index (χ1v) is 8.32. The first-order chi connectivity index (χ1) is 9.88. The van der Waals surface area contributed by atoms with Crippen molar-refractivity contribution >= 4 is 0 Å². The van der Waals surface area contributed by atoms with Gasteiger partial charge in [-0.2, -0.15) is 0 Å². The average Bonchev–Trinajstić information content (AvgIpc) is 2.53. The van der Waals surface area contributed by atoms with E-state index in [9.17, 15) is 5.11 Å². The maximum absolute atomic E-state index is 9.45. The molecule has 0 bridgehead atoms. The Balaban J connectivity index is 1.82. The number of fused-ring (bicyclic) bond motifs is 1.